The van der Waals surface area contributed by atoms with E-state index in [0.29, 0.717) is 5.92 Å². The van der Waals surface area contributed by atoms with Gasteiger partial charge in [-0.25, -0.2) is 0 Å². The van der Waals surface area contributed by atoms with E-state index < -0.39 is 0 Å². The lowest BCUT2D eigenvalue weighted by atomic mass is 9.82. The summed E-state index contributed by atoms with van der Waals surface area (Å²) >= 11 is 0. The highest BCUT2D eigenvalue weighted by atomic mass is 15.2. The Balaban J connectivity index is 2.31. The fraction of sp³-hybridized carbons (Fsp3) is 0.368. The Bertz CT molecular complexity index is 468. The standard InChI is InChI=1S/C19H26N2/c1-15(2)13-14-18(21-20)19(16-9-5-3-6-10-16)17-11-7-4-8-12-17/h3-12,15,18-19,21H,13-14,20H2,1-2H3. The molecule has 2 heteroatoms. The van der Waals surface area contributed by atoms with Crippen LogP contribution in [0, 0.1) is 5.92 Å². The Kier molecular flexibility index (Phi) is 5.97. The van der Waals surface area contributed by atoms with Gasteiger partial charge in [0.05, 0.1) is 0 Å². The largest absolute Gasteiger partial charge is 0.271 e. The van der Waals surface area contributed by atoms with E-state index in [4.69, 9.17) is 5.84 Å². The van der Waals surface area contributed by atoms with Gasteiger partial charge in [-0.2, -0.15) is 0 Å². The SMILES string of the molecule is CC(C)CCC(NN)C(c1ccccc1)c1ccccc1. The van der Waals surface area contributed by atoms with Crippen LogP contribution in [0.5, 0.6) is 0 Å². The van der Waals surface area contributed by atoms with Crippen molar-refractivity contribution in [3.63, 3.8) is 0 Å². The number of rotatable bonds is 7. The van der Waals surface area contributed by atoms with Gasteiger partial charge in [-0.05, 0) is 29.9 Å². The molecule has 0 spiro atoms. The molecule has 112 valence electrons. The van der Waals surface area contributed by atoms with E-state index in [1.54, 1.807) is 0 Å². The van der Waals surface area contributed by atoms with Crippen molar-refractivity contribution in [2.45, 2.75) is 38.6 Å². The van der Waals surface area contributed by atoms with Crippen LogP contribution in [0.15, 0.2) is 60.7 Å². The van der Waals surface area contributed by atoms with Crippen LogP contribution < -0.4 is 11.3 Å². The molecule has 0 bridgehead atoms. The molecular weight excluding hydrogens is 256 g/mol. The second-order valence-electron chi connectivity index (χ2n) is 6.04. The maximum atomic E-state index is 5.88. The lowest BCUT2D eigenvalue weighted by Gasteiger charge is -2.28. The first kappa shape index (κ1) is 15.7. The van der Waals surface area contributed by atoms with E-state index in [1.165, 1.54) is 17.5 Å². The molecule has 0 aliphatic carbocycles. The summed E-state index contributed by atoms with van der Waals surface area (Å²) < 4.78 is 0. The number of benzene rings is 2. The lowest BCUT2D eigenvalue weighted by Crippen LogP contribution is -2.40. The quantitative estimate of drug-likeness (QED) is 0.593. The van der Waals surface area contributed by atoms with Gasteiger partial charge in [0, 0.05) is 12.0 Å². The molecule has 2 rings (SSSR count). The Morgan fingerprint density at radius 3 is 1.67 bits per heavy atom. The van der Waals surface area contributed by atoms with Gasteiger partial charge < -0.3 is 0 Å². The molecule has 0 radical (unpaired) electrons. The molecule has 0 aliphatic heterocycles. The van der Waals surface area contributed by atoms with E-state index in [0.717, 1.165) is 6.42 Å². The van der Waals surface area contributed by atoms with Gasteiger partial charge in [-0.3, -0.25) is 11.3 Å². The highest BCUT2D eigenvalue weighted by Crippen LogP contribution is 2.30. The van der Waals surface area contributed by atoms with Crippen LogP contribution in [0.4, 0.5) is 0 Å². The van der Waals surface area contributed by atoms with Gasteiger partial charge in [0.1, 0.15) is 0 Å². The van der Waals surface area contributed by atoms with Crippen molar-refractivity contribution in [2.75, 3.05) is 0 Å². The summed E-state index contributed by atoms with van der Waals surface area (Å²) in [7, 11) is 0. The second-order valence-corrected chi connectivity index (χ2v) is 6.04. The summed E-state index contributed by atoms with van der Waals surface area (Å²) in [5.74, 6) is 6.86. The van der Waals surface area contributed by atoms with Crippen molar-refractivity contribution >= 4 is 0 Å². The summed E-state index contributed by atoms with van der Waals surface area (Å²) in [5, 5.41) is 0. The number of nitrogens with one attached hydrogen (secondary N) is 1. The maximum absolute atomic E-state index is 5.88. The maximum Gasteiger partial charge on any atom is 0.0319 e. The third kappa shape index (κ3) is 4.42. The summed E-state index contributed by atoms with van der Waals surface area (Å²) in [6.45, 7) is 4.52. The van der Waals surface area contributed by atoms with Crippen LogP contribution in [0.3, 0.4) is 0 Å². The minimum atomic E-state index is 0.247. The lowest BCUT2D eigenvalue weighted by molar-refractivity contribution is 0.406. The van der Waals surface area contributed by atoms with Crippen molar-refractivity contribution in [3.05, 3.63) is 71.8 Å². The minimum Gasteiger partial charge on any atom is -0.271 e. The number of hydrogen-bond donors (Lipinski definition) is 2. The van der Waals surface area contributed by atoms with Crippen molar-refractivity contribution in [1.29, 1.82) is 0 Å². The fourth-order valence-electron chi connectivity index (χ4n) is 2.84. The summed E-state index contributed by atoms with van der Waals surface area (Å²) in [6.07, 6.45) is 2.24. The highest BCUT2D eigenvalue weighted by Gasteiger charge is 2.23. The molecule has 1 unspecified atom stereocenters. The molecule has 0 amide bonds. The van der Waals surface area contributed by atoms with E-state index in [9.17, 15) is 0 Å². The van der Waals surface area contributed by atoms with E-state index >= 15 is 0 Å². The number of hydrazine groups is 1. The summed E-state index contributed by atoms with van der Waals surface area (Å²) in [4.78, 5) is 0. The average Bonchev–Trinajstić information content (AvgIpc) is 2.53. The molecule has 21 heavy (non-hydrogen) atoms. The molecule has 0 aromatic heterocycles. The predicted octanol–water partition coefficient (Wildman–Crippen LogP) is 4.09. The minimum absolute atomic E-state index is 0.247. The number of nitrogens with two attached hydrogens (primary N) is 1. The van der Waals surface area contributed by atoms with Gasteiger partial charge in [0.2, 0.25) is 0 Å². The van der Waals surface area contributed by atoms with Gasteiger partial charge in [-0.1, -0.05) is 74.5 Å². The third-order valence-electron chi connectivity index (χ3n) is 3.99. The van der Waals surface area contributed by atoms with Gasteiger partial charge in [0.25, 0.3) is 0 Å². The van der Waals surface area contributed by atoms with Crippen molar-refractivity contribution in [1.82, 2.24) is 5.43 Å². The van der Waals surface area contributed by atoms with Crippen LogP contribution >= 0.6 is 0 Å². The zero-order valence-electron chi connectivity index (χ0n) is 13.0. The van der Waals surface area contributed by atoms with Gasteiger partial charge in [-0.15, -0.1) is 0 Å². The molecule has 0 heterocycles. The highest BCUT2D eigenvalue weighted by molar-refractivity contribution is 5.34. The first-order chi connectivity index (χ1) is 10.2. The fourth-order valence-corrected chi connectivity index (χ4v) is 2.84. The average molecular weight is 282 g/mol. The molecule has 0 saturated heterocycles. The molecule has 3 N–H and O–H groups in total. The monoisotopic (exact) mass is 282 g/mol. The van der Waals surface area contributed by atoms with Crippen LogP contribution in [-0.4, -0.2) is 6.04 Å². The van der Waals surface area contributed by atoms with Crippen LogP contribution in [0.25, 0.3) is 0 Å². The van der Waals surface area contributed by atoms with Gasteiger partial charge >= 0.3 is 0 Å². The Hall–Kier alpha value is -1.64. The molecule has 2 aromatic rings. The normalized spacial score (nSPS) is 12.8. The Morgan fingerprint density at radius 1 is 0.810 bits per heavy atom. The molecule has 2 aromatic carbocycles. The smallest absolute Gasteiger partial charge is 0.0319 e. The van der Waals surface area contributed by atoms with Crippen LogP contribution in [0.2, 0.25) is 0 Å². The predicted molar refractivity (Wildman–Crippen MR) is 89.9 cm³/mol. The molecule has 0 aliphatic rings. The molecule has 2 nitrogen and oxygen atoms in total. The van der Waals surface area contributed by atoms with Crippen molar-refractivity contribution in [2.24, 2.45) is 11.8 Å². The molecule has 0 fully saturated rings. The van der Waals surface area contributed by atoms with Crippen LogP contribution in [-0.2, 0) is 0 Å². The van der Waals surface area contributed by atoms with Crippen LogP contribution in [0.1, 0.15) is 43.7 Å². The van der Waals surface area contributed by atoms with E-state index in [2.05, 4.69) is 79.9 Å². The van der Waals surface area contributed by atoms with Crippen molar-refractivity contribution in [3.8, 4) is 0 Å². The molecular formula is C19H26N2. The summed E-state index contributed by atoms with van der Waals surface area (Å²) in [5.41, 5.74) is 5.68. The zero-order chi connectivity index (χ0) is 15.1. The van der Waals surface area contributed by atoms with Gasteiger partial charge in [0.15, 0.2) is 0 Å². The summed E-state index contributed by atoms with van der Waals surface area (Å²) in [6, 6.07) is 21.5. The molecule has 0 saturated carbocycles. The molecule has 1 atom stereocenters. The second kappa shape index (κ2) is 7.96. The Labute approximate surface area is 128 Å². The Morgan fingerprint density at radius 2 is 1.29 bits per heavy atom. The van der Waals surface area contributed by atoms with E-state index in [-0.39, 0.29) is 12.0 Å². The number of hydrogen-bond acceptors (Lipinski definition) is 2. The zero-order valence-corrected chi connectivity index (χ0v) is 13.0. The third-order valence-corrected chi connectivity index (χ3v) is 3.99. The first-order valence-corrected chi connectivity index (χ1v) is 7.78. The van der Waals surface area contributed by atoms with E-state index in [1.807, 2.05) is 0 Å². The van der Waals surface area contributed by atoms with Crippen molar-refractivity contribution < 1.29 is 0 Å². The first-order valence-electron chi connectivity index (χ1n) is 7.78. The topological polar surface area (TPSA) is 38.0 Å².